The monoisotopic (exact) mass is 396 g/mol. The molecule has 2 fully saturated rings. The number of fused-ring (bicyclic) bond motifs is 1. The summed E-state index contributed by atoms with van der Waals surface area (Å²) >= 11 is 0. The fourth-order valence-electron chi connectivity index (χ4n) is 4.38. The van der Waals surface area contributed by atoms with Gasteiger partial charge in [-0.2, -0.15) is 13.2 Å². The van der Waals surface area contributed by atoms with Crippen molar-refractivity contribution in [3.63, 3.8) is 0 Å². The minimum Gasteiger partial charge on any atom is -0.355 e. The van der Waals surface area contributed by atoms with Gasteiger partial charge in [0.15, 0.2) is 0 Å². The van der Waals surface area contributed by atoms with Crippen molar-refractivity contribution in [2.75, 3.05) is 19.6 Å². The van der Waals surface area contributed by atoms with Gasteiger partial charge < -0.3 is 10.2 Å². The van der Waals surface area contributed by atoms with Crippen molar-refractivity contribution < 1.29 is 22.8 Å². The average Bonchev–Trinajstić information content (AvgIpc) is 3.16. The van der Waals surface area contributed by atoms with Crippen LogP contribution in [0.5, 0.6) is 0 Å². The van der Waals surface area contributed by atoms with Gasteiger partial charge in [0, 0.05) is 26.1 Å². The van der Waals surface area contributed by atoms with Gasteiger partial charge in [0.1, 0.15) is 0 Å². The van der Waals surface area contributed by atoms with Crippen LogP contribution in [0.4, 0.5) is 13.2 Å². The van der Waals surface area contributed by atoms with Crippen LogP contribution < -0.4 is 5.32 Å². The molecule has 2 aliphatic rings. The average molecular weight is 396 g/mol. The molecule has 0 radical (unpaired) electrons. The van der Waals surface area contributed by atoms with Crippen LogP contribution in [-0.4, -0.2) is 36.3 Å². The topological polar surface area (TPSA) is 49.4 Å². The number of hydrogen-bond donors (Lipinski definition) is 1. The van der Waals surface area contributed by atoms with E-state index >= 15 is 0 Å². The number of carbonyl (C=O) groups excluding carboxylic acids is 2. The highest BCUT2D eigenvalue weighted by Crippen LogP contribution is 2.58. The lowest BCUT2D eigenvalue weighted by Gasteiger charge is -2.26. The Morgan fingerprint density at radius 3 is 2.25 bits per heavy atom. The summed E-state index contributed by atoms with van der Waals surface area (Å²) < 4.78 is 38.1. The number of likely N-dealkylation sites (tertiary alicyclic amines) is 1. The van der Waals surface area contributed by atoms with Gasteiger partial charge in [-0.1, -0.05) is 32.4 Å². The first-order chi connectivity index (χ1) is 13.3. The molecule has 1 aliphatic heterocycles. The van der Waals surface area contributed by atoms with Crippen molar-refractivity contribution in [1.29, 1.82) is 0 Å². The molecule has 28 heavy (non-hydrogen) atoms. The molecule has 4 nitrogen and oxygen atoms in total. The zero-order chi connectivity index (χ0) is 20.5. The molecule has 1 heterocycles. The number of amides is 2. The lowest BCUT2D eigenvalue weighted by Crippen LogP contribution is -2.41. The van der Waals surface area contributed by atoms with Crippen molar-refractivity contribution >= 4 is 11.8 Å². The quantitative estimate of drug-likeness (QED) is 0.762. The highest BCUT2D eigenvalue weighted by atomic mass is 19.4. The van der Waals surface area contributed by atoms with E-state index in [9.17, 15) is 22.8 Å². The Morgan fingerprint density at radius 2 is 1.75 bits per heavy atom. The summed E-state index contributed by atoms with van der Waals surface area (Å²) in [7, 11) is 0. The molecule has 1 aromatic rings. The smallest absolute Gasteiger partial charge is 0.355 e. The predicted molar refractivity (Wildman–Crippen MR) is 99.4 cm³/mol. The van der Waals surface area contributed by atoms with Crippen LogP contribution in [0.2, 0.25) is 0 Å². The second-order valence-corrected chi connectivity index (χ2v) is 7.86. The molecule has 1 aromatic carbocycles. The molecular weight excluding hydrogens is 369 g/mol. The minimum atomic E-state index is -4.32. The van der Waals surface area contributed by atoms with E-state index in [1.54, 1.807) is 19.1 Å². The third-order valence-electron chi connectivity index (χ3n) is 5.98. The second-order valence-electron chi connectivity index (χ2n) is 7.86. The zero-order valence-corrected chi connectivity index (χ0v) is 16.3. The van der Waals surface area contributed by atoms with Crippen LogP contribution in [-0.2, 0) is 15.8 Å². The Kier molecular flexibility index (Phi) is 6.01. The molecule has 3 rings (SSSR count). The normalized spacial score (nSPS) is 24.6. The SMILES string of the molecule is CCC[C@H](CNC(=O)CC)C(=O)N1C[C@@H]2C(c3ccc(C(F)(F)F)cc3)[C@@H]2C1. The van der Waals surface area contributed by atoms with Crippen LogP contribution in [0.25, 0.3) is 0 Å². The highest BCUT2D eigenvalue weighted by molar-refractivity contribution is 5.81. The number of nitrogens with zero attached hydrogens (tertiary/aromatic N) is 1. The van der Waals surface area contributed by atoms with Gasteiger partial charge >= 0.3 is 6.18 Å². The third-order valence-corrected chi connectivity index (χ3v) is 5.98. The summed E-state index contributed by atoms with van der Waals surface area (Å²) in [5.74, 6) is 0.719. The van der Waals surface area contributed by atoms with Crippen molar-refractivity contribution in [2.24, 2.45) is 17.8 Å². The van der Waals surface area contributed by atoms with E-state index in [4.69, 9.17) is 0 Å². The first-order valence-electron chi connectivity index (χ1n) is 9.98. The second kappa shape index (κ2) is 8.13. The predicted octanol–water partition coefficient (Wildman–Crippen LogP) is 3.82. The largest absolute Gasteiger partial charge is 0.416 e. The van der Waals surface area contributed by atoms with Gasteiger partial charge in [0.2, 0.25) is 11.8 Å². The summed E-state index contributed by atoms with van der Waals surface area (Å²) in [6.45, 7) is 5.47. The summed E-state index contributed by atoms with van der Waals surface area (Å²) in [5, 5.41) is 2.82. The van der Waals surface area contributed by atoms with E-state index in [2.05, 4.69) is 5.32 Å². The lowest BCUT2D eigenvalue weighted by molar-refractivity contribution is -0.138. The molecule has 1 saturated carbocycles. The Labute approximate surface area is 163 Å². The Hall–Kier alpha value is -2.05. The van der Waals surface area contributed by atoms with E-state index in [1.807, 2.05) is 11.8 Å². The number of piperidine rings is 1. The van der Waals surface area contributed by atoms with Crippen LogP contribution in [0.3, 0.4) is 0 Å². The number of nitrogens with one attached hydrogen (secondary N) is 1. The summed E-state index contributed by atoms with van der Waals surface area (Å²) in [4.78, 5) is 26.2. The van der Waals surface area contributed by atoms with Gasteiger partial charge in [-0.25, -0.2) is 0 Å². The Morgan fingerprint density at radius 1 is 1.14 bits per heavy atom. The van der Waals surface area contributed by atoms with Crippen molar-refractivity contribution in [2.45, 2.75) is 45.2 Å². The third kappa shape index (κ3) is 4.33. The maximum absolute atomic E-state index is 12.9. The van der Waals surface area contributed by atoms with E-state index in [1.165, 1.54) is 0 Å². The maximum atomic E-state index is 12.9. The van der Waals surface area contributed by atoms with E-state index in [0.717, 1.165) is 30.5 Å². The fraction of sp³-hybridized carbons (Fsp3) is 0.619. The number of halogens is 3. The lowest BCUT2D eigenvalue weighted by atomic mass is 10.0. The molecule has 0 aromatic heterocycles. The van der Waals surface area contributed by atoms with Crippen molar-refractivity contribution in [1.82, 2.24) is 10.2 Å². The molecule has 154 valence electrons. The Balaban J connectivity index is 1.55. The standard InChI is InChI=1S/C21H27F3N2O2/c1-3-5-14(10-25-18(27)4-2)20(28)26-11-16-17(12-26)19(16)13-6-8-15(9-7-13)21(22,23)24/h6-9,14,16-17,19H,3-5,10-12H2,1-2H3,(H,25,27)/t14-,16-,17+,19?/m1/s1. The summed E-state index contributed by atoms with van der Waals surface area (Å²) in [6, 6.07) is 5.41. The van der Waals surface area contributed by atoms with Gasteiger partial charge in [-0.15, -0.1) is 0 Å². The molecule has 7 heteroatoms. The van der Waals surface area contributed by atoms with Crippen LogP contribution >= 0.6 is 0 Å². The number of carbonyl (C=O) groups is 2. The molecule has 1 saturated heterocycles. The number of alkyl halides is 3. The first kappa shape index (κ1) is 20.7. The minimum absolute atomic E-state index is 0.0551. The molecule has 1 unspecified atom stereocenters. The van der Waals surface area contributed by atoms with Crippen LogP contribution in [0.1, 0.15) is 50.2 Å². The molecular formula is C21H27F3N2O2. The van der Waals surface area contributed by atoms with E-state index in [0.29, 0.717) is 37.9 Å². The maximum Gasteiger partial charge on any atom is 0.416 e. The fourth-order valence-corrected chi connectivity index (χ4v) is 4.38. The van der Waals surface area contributed by atoms with Gasteiger partial charge in [-0.3, -0.25) is 9.59 Å². The van der Waals surface area contributed by atoms with Gasteiger partial charge in [-0.05, 0) is 41.9 Å². The van der Waals surface area contributed by atoms with Crippen molar-refractivity contribution in [3.05, 3.63) is 35.4 Å². The number of benzene rings is 1. The van der Waals surface area contributed by atoms with E-state index < -0.39 is 11.7 Å². The summed E-state index contributed by atoms with van der Waals surface area (Å²) in [6.07, 6.45) is -2.32. The highest BCUT2D eigenvalue weighted by Gasteiger charge is 2.57. The zero-order valence-electron chi connectivity index (χ0n) is 16.3. The number of hydrogen-bond acceptors (Lipinski definition) is 2. The Bertz CT molecular complexity index is 705. The van der Waals surface area contributed by atoms with Gasteiger partial charge in [0.05, 0.1) is 11.5 Å². The molecule has 2 amide bonds. The molecule has 4 atom stereocenters. The molecule has 1 N–H and O–H groups in total. The molecule has 0 spiro atoms. The molecule has 0 bridgehead atoms. The van der Waals surface area contributed by atoms with Gasteiger partial charge in [0.25, 0.3) is 0 Å². The van der Waals surface area contributed by atoms with E-state index in [-0.39, 0.29) is 23.7 Å². The van der Waals surface area contributed by atoms with Crippen molar-refractivity contribution in [3.8, 4) is 0 Å². The number of rotatable bonds is 7. The van der Waals surface area contributed by atoms with Crippen LogP contribution in [0.15, 0.2) is 24.3 Å². The van der Waals surface area contributed by atoms with Crippen LogP contribution in [0, 0.1) is 17.8 Å². The molecule has 1 aliphatic carbocycles. The first-order valence-corrected chi connectivity index (χ1v) is 9.98. The summed E-state index contributed by atoms with van der Waals surface area (Å²) in [5.41, 5.74) is 0.297.